The minimum Gasteiger partial charge on any atom is -0.352 e. The van der Waals surface area contributed by atoms with Gasteiger partial charge in [0, 0.05) is 51.7 Å². The molecule has 0 atom stereocenters. The van der Waals surface area contributed by atoms with Crippen LogP contribution in [0.25, 0.3) is 0 Å². The summed E-state index contributed by atoms with van der Waals surface area (Å²) in [5.74, 6) is 0.846. The average molecular weight is 390 g/mol. The highest BCUT2D eigenvalue weighted by Crippen LogP contribution is 2.14. The number of rotatable bonds is 7. The molecule has 2 N–H and O–H groups in total. The van der Waals surface area contributed by atoms with Crippen LogP contribution in [0.2, 0.25) is 5.02 Å². The van der Waals surface area contributed by atoms with Crippen molar-refractivity contribution >= 4 is 29.2 Å². The quantitative estimate of drug-likeness (QED) is 0.561. The molecule has 7 heteroatoms. The summed E-state index contributed by atoms with van der Waals surface area (Å²) in [6, 6.07) is 9.79. The number of halogens is 1. The summed E-state index contributed by atoms with van der Waals surface area (Å²) in [4.78, 5) is 18.0. The Morgan fingerprint density at radius 3 is 2.56 bits per heavy atom. The molecule has 1 amide bonds. The van der Waals surface area contributed by atoms with Gasteiger partial charge in [0.05, 0.1) is 11.6 Å². The van der Waals surface area contributed by atoms with Gasteiger partial charge in [0.25, 0.3) is 0 Å². The van der Waals surface area contributed by atoms with Gasteiger partial charge in [-0.05, 0) is 30.2 Å². The van der Waals surface area contributed by atoms with Gasteiger partial charge in [0.1, 0.15) is 0 Å². The summed E-state index contributed by atoms with van der Waals surface area (Å²) < 4.78 is 2.01. The maximum atomic E-state index is 11.6. The van der Waals surface area contributed by atoms with Crippen molar-refractivity contribution in [3.05, 3.63) is 52.8 Å². The SMILES string of the molecule is CCCC(=O)Nc1ccc(CNC(=NC)N(C)Cc2cc(Cl)cn2C)cc1. The van der Waals surface area contributed by atoms with Crippen molar-refractivity contribution in [2.24, 2.45) is 12.0 Å². The molecule has 6 nitrogen and oxygen atoms in total. The van der Waals surface area contributed by atoms with Crippen LogP contribution >= 0.6 is 11.6 Å². The van der Waals surface area contributed by atoms with Crippen LogP contribution in [-0.4, -0.2) is 35.4 Å². The monoisotopic (exact) mass is 389 g/mol. The van der Waals surface area contributed by atoms with Crippen molar-refractivity contribution in [1.82, 2.24) is 14.8 Å². The molecule has 0 fully saturated rings. The van der Waals surface area contributed by atoms with Crippen molar-refractivity contribution in [2.75, 3.05) is 19.4 Å². The summed E-state index contributed by atoms with van der Waals surface area (Å²) in [6.45, 7) is 3.34. The summed E-state index contributed by atoms with van der Waals surface area (Å²) in [7, 11) is 5.73. The molecule has 1 aromatic heterocycles. The van der Waals surface area contributed by atoms with Crippen molar-refractivity contribution < 1.29 is 4.79 Å². The second kappa shape index (κ2) is 10.0. The predicted molar refractivity (Wildman–Crippen MR) is 112 cm³/mol. The number of carbonyl (C=O) groups excluding carboxylic acids is 1. The van der Waals surface area contributed by atoms with E-state index < -0.39 is 0 Å². The Bertz CT molecular complexity index is 782. The van der Waals surface area contributed by atoms with Crippen molar-refractivity contribution in [3.63, 3.8) is 0 Å². The molecule has 146 valence electrons. The van der Waals surface area contributed by atoms with E-state index in [1.165, 1.54) is 0 Å². The molecule has 0 aliphatic carbocycles. The number of aliphatic imine (C=N–C) groups is 1. The number of amides is 1. The van der Waals surface area contributed by atoms with Gasteiger partial charge < -0.3 is 20.1 Å². The highest BCUT2D eigenvalue weighted by Gasteiger charge is 2.10. The maximum absolute atomic E-state index is 11.6. The van der Waals surface area contributed by atoms with E-state index in [1.54, 1.807) is 7.05 Å². The molecule has 0 spiro atoms. The van der Waals surface area contributed by atoms with Gasteiger partial charge in [-0.15, -0.1) is 0 Å². The first-order valence-corrected chi connectivity index (χ1v) is 9.42. The van der Waals surface area contributed by atoms with Crippen LogP contribution in [0.5, 0.6) is 0 Å². The van der Waals surface area contributed by atoms with Crippen molar-refractivity contribution in [3.8, 4) is 0 Å². The van der Waals surface area contributed by atoms with Gasteiger partial charge in [-0.3, -0.25) is 9.79 Å². The lowest BCUT2D eigenvalue weighted by Gasteiger charge is -2.22. The van der Waals surface area contributed by atoms with Crippen molar-refractivity contribution in [2.45, 2.75) is 32.9 Å². The van der Waals surface area contributed by atoms with Crippen LogP contribution in [0, 0.1) is 0 Å². The lowest BCUT2D eigenvalue weighted by Crippen LogP contribution is -2.38. The third kappa shape index (κ3) is 6.32. The topological polar surface area (TPSA) is 61.7 Å². The first-order chi connectivity index (χ1) is 12.9. The fraction of sp³-hybridized carbons (Fsp3) is 0.400. The summed E-state index contributed by atoms with van der Waals surface area (Å²) in [5, 5.41) is 6.98. The number of anilines is 1. The Labute approximate surface area is 166 Å². The van der Waals surface area contributed by atoms with E-state index in [9.17, 15) is 4.79 Å². The number of aromatic nitrogens is 1. The fourth-order valence-electron chi connectivity index (χ4n) is 2.76. The minimum absolute atomic E-state index is 0.0474. The molecule has 0 saturated carbocycles. The normalized spacial score (nSPS) is 11.4. The highest BCUT2D eigenvalue weighted by molar-refractivity contribution is 6.30. The summed E-state index contributed by atoms with van der Waals surface area (Å²) >= 11 is 6.05. The maximum Gasteiger partial charge on any atom is 0.224 e. The van der Waals surface area contributed by atoms with E-state index in [1.807, 2.05) is 67.0 Å². The third-order valence-corrected chi connectivity index (χ3v) is 4.42. The number of hydrogen-bond donors (Lipinski definition) is 2. The second-order valence-corrected chi connectivity index (χ2v) is 6.95. The molecule has 0 unspecified atom stereocenters. The number of guanidine groups is 1. The van der Waals surface area contributed by atoms with Crippen LogP contribution in [0.3, 0.4) is 0 Å². The summed E-state index contributed by atoms with van der Waals surface area (Å²) in [5.41, 5.74) is 3.04. The van der Waals surface area contributed by atoms with E-state index in [0.717, 1.165) is 34.3 Å². The Hall–Kier alpha value is -2.47. The third-order valence-electron chi connectivity index (χ3n) is 4.21. The lowest BCUT2D eigenvalue weighted by atomic mass is 10.2. The molecule has 1 heterocycles. The molecule has 2 aromatic rings. The molecule has 0 saturated heterocycles. The number of aryl methyl sites for hydroxylation is 1. The molecule has 27 heavy (non-hydrogen) atoms. The fourth-order valence-corrected chi connectivity index (χ4v) is 3.04. The summed E-state index contributed by atoms with van der Waals surface area (Å²) in [6.07, 6.45) is 3.27. The van der Waals surface area contributed by atoms with Crippen LogP contribution in [0.4, 0.5) is 5.69 Å². The van der Waals surface area contributed by atoms with Crippen LogP contribution in [0.1, 0.15) is 31.0 Å². The zero-order valence-electron chi connectivity index (χ0n) is 16.4. The number of hydrogen-bond acceptors (Lipinski definition) is 2. The Kier molecular flexibility index (Phi) is 7.73. The van der Waals surface area contributed by atoms with E-state index in [4.69, 9.17) is 11.6 Å². The van der Waals surface area contributed by atoms with Gasteiger partial charge in [-0.1, -0.05) is 30.7 Å². The van der Waals surface area contributed by atoms with Crippen molar-refractivity contribution in [1.29, 1.82) is 0 Å². The zero-order valence-corrected chi connectivity index (χ0v) is 17.2. The Morgan fingerprint density at radius 2 is 2.00 bits per heavy atom. The van der Waals surface area contributed by atoms with Crippen LogP contribution in [-0.2, 0) is 24.9 Å². The number of nitrogens with one attached hydrogen (secondary N) is 2. The highest BCUT2D eigenvalue weighted by atomic mass is 35.5. The van der Waals surface area contributed by atoms with Gasteiger partial charge in [-0.2, -0.15) is 0 Å². The molecular formula is C20H28ClN5O. The predicted octanol–water partition coefficient (Wildman–Crippen LogP) is 3.62. The van der Waals surface area contributed by atoms with Gasteiger partial charge in [-0.25, -0.2) is 0 Å². The molecule has 0 aliphatic rings. The molecule has 0 radical (unpaired) electrons. The first kappa shape index (κ1) is 20.8. The average Bonchev–Trinajstić information content (AvgIpc) is 2.94. The Morgan fingerprint density at radius 1 is 1.30 bits per heavy atom. The van der Waals surface area contributed by atoms with Crippen LogP contribution in [0.15, 0.2) is 41.5 Å². The van der Waals surface area contributed by atoms with E-state index in [2.05, 4.69) is 15.6 Å². The molecule has 1 aromatic carbocycles. The largest absolute Gasteiger partial charge is 0.352 e. The van der Waals surface area contributed by atoms with Gasteiger partial charge >= 0.3 is 0 Å². The molecule has 2 rings (SSSR count). The zero-order chi connectivity index (χ0) is 19.8. The first-order valence-electron chi connectivity index (χ1n) is 9.04. The van der Waals surface area contributed by atoms with Crippen LogP contribution < -0.4 is 10.6 Å². The molecule has 0 aliphatic heterocycles. The molecular weight excluding hydrogens is 362 g/mol. The second-order valence-electron chi connectivity index (χ2n) is 6.51. The minimum atomic E-state index is 0.0474. The Balaban J connectivity index is 1.89. The van der Waals surface area contributed by atoms with Gasteiger partial charge in [0.15, 0.2) is 5.96 Å². The van der Waals surface area contributed by atoms with E-state index >= 15 is 0 Å². The number of benzene rings is 1. The van der Waals surface area contributed by atoms with E-state index in [-0.39, 0.29) is 5.91 Å². The van der Waals surface area contributed by atoms with Gasteiger partial charge in [0.2, 0.25) is 5.91 Å². The number of nitrogens with zero attached hydrogens (tertiary/aromatic N) is 3. The number of carbonyl (C=O) groups is 1. The smallest absolute Gasteiger partial charge is 0.224 e. The lowest BCUT2D eigenvalue weighted by molar-refractivity contribution is -0.116. The standard InChI is InChI=1S/C20H28ClN5O/c1-5-6-19(27)24-17-9-7-15(8-10-17)12-23-20(22-2)26(4)14-18-11-16(21)13-25(18)3/h7-11,13H,5-6,12,14H2,1-4H3,(H,22,23)(H,24,27). The van der Waals surface area contributed by atoms with E-state index in [0.29, 0.717) is 19.5 Å². The molecule has 0 bridgehead atoms.